The molecule has 0 aliphatic carbocycles. The SMILES string of the molecule is CC#CCOc1ccc(C2C3=C(CC(C)(C)CS3(=O)=O)Nc3c(O)cccc3N2C(=O)c2ccccn2)c(F)c1. The minimum Gasteiger partial charge on any atom is -0.506 e. The lowest BCUT2D eigenvalue weighted by Gasteiger charge is -2.37. The number of nitrogens with one attached hydrogen (secondary N) is 1. The molecule has 1 amide bonds. The molecule has 0 bridgehead atoms. The predicted molar refractivity (Wildman–Crippen MR) is 150 cm³/mol. The summed E-state index contributed by atoms with van der Waals surface area (Å²) in [5, 5.41) is 14.0. The van der Waals surface area contributed by atoms with Crippen molar-refractivity contribution in [2.75, 3.05) is 22.6 Å². The molecule has 1 aromatic heterocycles. The minimum absolute atomic E-state index is 0.0258. The van der Waals surface area contributed by atoms with Gasteiger partial charge in [-0.2, -0.15) is 0 Å². The number of aromatic nitrogens is 1. The van der Waals surface area contributed by atoms with E-state index in [2.05, 4.69) is 22.1 Å². The van der Waals surface area contributed by atoms with Crippen molar-refractivity contribution < 1.29 is 27.4 Å². The van der Waals surface area contributed by atoms with E-state index in [9.17, 15) is 18.3 Å². The number of carbonyl (C=O) groups is 1. The molecule has 2 aliphatic heterocycles. The van der Waals surface area contributed by atoms with E-state index in [-0.39, 0.29) is 57.8 Å². The van der Waals surface area contributed by atoms with Gasteiger partial charge in [0.05, 0.1) is 16.3 Å². The molecule has 0 radical (unpaired) electrons. The van der Waals surface area contributed by atoms with Crippen LogP contribution in [0.5, 0.6) is 11.5 Å². The molecule has 1 atom stereocenters. The Bertz CT molecular complexity index is 1690. The first kappa shape index (κ1) is 27.2. The van der Waals surface area contributed by atoms with Gasteiger partial charge in [0.25, 0.3) is 5.91 Å². The summed E-state index contributed by atoms with van der Waals surface area (Å²) in [6.45, 7) is 5.36. The Balaban J connectivity index is 1.81. The van der Waals surface area contributed by atoms with Gasteiger partial charge in [-0.1, -0.05) is 31.9 Å². The maximum atomic E-state index is 16.0. The van der Waals surface area contributed by atoms with Crippen LogP contribution in [0, 0.1) is 23.1 Å². The largest absolute Gasteiger partial charge is 0.506 e. The number of fused-ring (bicyclic) bond motifs is 1. The van der Waals surface area contributed by atoms with Gasteiger partial charge in [0.15, 0.2) is 9.84 Å². The number of carbonyl (C=O) groups excluding carboxylic acids is 1. The lowest BCUT2D eigenvalue weighted by Crippen LogP contribution is -2.41. The number of phenolic OH excluding ortho intramolecular Hbond substituents is 1. The number of amides is 1. The number of benzene rings is 2. The van der Waals surface area contributed by atoms with E-state index in [0.717, 1.165) is 6.07 Å². The van der Waals surface area contributed by atoms with Crippen LogP contribution in [0.2, 0.25) is 0 Å². The van der Waals surface area contributed by atoms with Crippen molar-refractivity contribution >= 4 is 27.1 Å². The Hall–Kier alpha value is -4.36. The summed E-state index contributed by atoms with van der Waals surface area (Å²) in [6.07, 6.45) is 1.73. The molecule has 40 heavy (non-hydrogen) atoms. The number of rotatable bonds is 4. The molecule has 0 saturated heterocycles. The number of sulfone groups is 1. The van der Waals surface area contributed by atoms with Gasteiger partial charge in [0.2, 0.25) is 0 Å². The standard InChI is InChI=1S/C30H28FN3O5S/c1-4-5-15-39-19-12-13-20(21(31)16-19)27-28-23(17-30(2,3)18-40(28,37)38)33-26-24(10-8-11-25(26)35)34(27)29(36)22-9-6-7-14-32-22/h6-14,16,27,33,35H,15,17-18H2,1-3H3. The van der Waals surface area contributed by atoms with Crippen molar-refractivity contribution in [3.63, 3.8) is 0 Å². The molecule has 3 aromatic rings. The van der Waals surface area contributed by atoms with Crippen molar-refractivity contribution in [2.24, 2.45) is 5.41 Å². The maximum Gasteiger partial charge on any atom is 0.277 e. The van der Waals surface area contributed by atoms with E-state index in [1.54, 1.807) is 25.1 Å². The molecule has 8 nitrogen and oxygen atoms in total. The number of pyridine rings is 1. The highest BCUT2D eigenvalue weighted by molar-refractivity contribution is 7.95. The molecule has 206 valence electrons. The highest BCUT2D eigenvalue weighted by Crippen LogP contribution is 2.51. The number of aromatic hydroxyl groups is 1. The molecule has 1 unspecified atom stereocenters. The Morgan fingerprint density at radius 3 is 2.73 bits per heavy atom. The summed E-state index contributed by atoms with van der Waals surface area (Å²) in [4.78, 5) is 19.4. The second kappa shape index (κ2) is 10.3. The van der Waals surface area contributed by atoms with Crippen LogP contribution >= 0.6 is 0 Å². The highest BCUT2D eigenvalue weighted by atomic mass is 32.2. The van der Waals surface area contributed by atoms with Crippen LogP contribution in [0.4, 0.5) is 15.8 Å². The summed E-state index contributed by atoms with van der Waals surface area (Å²) in [5.41, 5.74) is -0.0615. The first-order chi connectivity index (χ1) is 19.0. The quantitative estimate of drug-likeness (QED) is 0.333. The van der Waals surface area contributed by atoms with Gasteiger partial charge in [-0.15, -0.1) is 5.92 Å². The second-order valence-electron chi connectivity index (χ2n) is 10.4. The van der Waals surface area contributed by atoms with E-state index in [1.165, 1.54) is 41.4 Å². The van der Waals surface area contributed by atoms with Crippen LogP contribution in [0.25, 0.3) is 0 Å². The molecule has 2 aliphatic rings. The third-order valence-electron chi connectivity index (χ3n) is 6.79. The number of nitrogens with zero attached hydrogens (tertiary/aromatic N) is 2. The Labute approximate surface area is 232 Å². The zero-order valence-electron chi connectivity index (χ0n) is 22.2. The monoisotopic (exact) mass is 561 g/mol. The number of hydrogen-bond donors (Lipinski definition) is 2. The molecule has 0 fully saturated rings. The Kier molecular flexibility index (Phi) is 7.02. The zero-order valence-corrected chi connectivity index (χ0v) is 23.0. The molecule has 3 heterocycles. The maximum absolute atomic E-state index is 16.0. The van der Waals surface area contributed by atoms with Crippen LogP contribution in [0.1, 0.15) is 49.3 Å². The molecule has 2 aromatic carbocycles. The van der Waals surface area contributed by atoms with Gasteiger partial charge in [-0.05, 0) is 55.2 Å². The van der Waals surface area contributed by atoms with Gasteiger partial charge in [-0.25, -0.2) is 12.8 Å². The van der Waals surface area contributed by atoms with Crippen molar-refractivity contribution in [1.82, 2.24) is 4.98 Å². The van der Waals surface area contributed by atoms with Gasteiger partial charge in [0.1, 0.15) is 41.3 Å². The molecule has 0 spiro atoms. The topological polar surface area (TPSA) is 109 Å². The molecule has 2 N–H and O–H groups in total. The van der Waals surface area contributed by atoms with E-state index in [0.29, 0.717) is 5.70 Å². The fourth-order valence-corrected chi connectivity index (χ4v) is 7.59. The predicted octanol–water partition coefficient (Wildman–Crippen LogP) is 5.20. The number of halogens is 1. The number of para-hydroxylation sites is 1. The molecular formula is C30H28FN3O5S. The van der Waals surface area contributed by atoms with Crippen molar-refractivity contribution in [2.45, 2.75) is 33.2 Å². The van der Waals surface area contributed by atoms with Crippen LogP contribution in [-0.4, -0.2) is 36.8 Å². The van der Waals surface area contributed by atoms with Gasteiger partial charge >= 0.3 is 0 Å². The third-order valence-corrected chi connectivity index (χ3v) is 9.09. The lowest BCUT2D eigenvalue weighted by molar-refractivity contribution is 0.0975. The van der Waals surface area contributed by atoms with Gasteiger partial charge in [-0.3, -0.25) is 14.7 Å². The average Bonchev–Trinajstić information content (AvgIpc) is 3.03. The van der Waals surface area contributed by atoms with E-state index < -0.39 is 33.0 Å². The van der Waals surface area contributed by atoms with Crippen LogP contribution in [0.3, 0.4) is 0 Å². The Morgan fingerprint density at radius 1 is 1.23 bits per heavy atom. The number of anilines is 2. The normalized spacial score (nSPS) is 18.8. The van der Waals surface area contributed by atoms with Crippen molar-refractivity contribution in [3.05, 3.63) is 88.5 Å². The fraction of sp³-hybridized carbons (Fsp3) is 0.267. The van der Waals surface area contributed by atoms with E-state index >= 15 is 4.39 Å². The van der Waals surface area contributed by atoms with Gasteiger partial charge < -0.3 is 15.2 Å². The lowest BCUT2D eigenvalue weighted by atomic mass is 9.88. The van der Waals surface area contributed by atoms with Crippen LogP contribution < -0.4 is 15.0 Å². The Morgan fingerprint density at radius 2 is 2.02 bits per heavy atom. The second-order valence-corrected chi connectivity index (χ2v) is 12.4. The minimum atomic E-state index is -4.03. The molecule has 5 rings (SSSR count). The summed E-state index contributed by atoms with van der Waals surface area (Å²) in [7, 11) is -4.03. The van der Waals surface area contributed by atoms with Crippen LogP contribution in [0.15, 0.2) is 71.4 Å². The summed E-state index contributed by atoms with van der Waals surface area (Å²) in [6, 6.07) is 12.0. The summed E-state index contributed by atoms with van der Waals surface area (Å²) >= 11 is 0. The summed E-state index contributed by atoms with van der Waals surface area (Å²) < 4.78 is 49.5. The van der Waals surface area contributed by atoms with Crippen LogP contribution in [-0.2, 0) is 9.84 Å². The highest BCUT2D eigenvalue weighted by Gasteiger charge is 2.48. The average molecular weight is 562 g/mol. The number of ether oxygens (including phenoxy) is 1. The zero-order chi connectivity index (χ0) is 28.7. The number of hydrogen-bond acceptors (Lipinski definition) is 7. The third kappa shape index (κ3) is 5.00. The van der Waals surface area contributed by atoms with E-state index in [4.69, 9.17) is 4.74 Å². The number of phenols is 1. The molecular weight excluding hydrogens is 533 g/mol. The van der Waals surface area contributed by atoms with E-state index in [1.807, 2.05) is 13.8 Å². The molecule has 0 saturated carbocycles. The fourth-order valence-electron chi connectivity index (χ4n) is 5.23. The van der Waals surface area contributed by atoms with Crippen molar-refractivity contribution in [3.8, 4) is 23.3 Å². The first-order valence-electron chi connectivity index (χ1n) is 12.6. The first-order valence-corrected chi connectivity index (χ1v) is 14.3. The molecule has 10 heteroatoms. The van der Waals surface area contributed by atoms with Gasteiger partial charge in [0, 0.05) is 23.5 Å². The number of allylic oxidation sites excluding steroid dienone is 1. The summed E-state index contributed by atoms with van der Waals surface area (Å²) in [5.74, 6) is 3.83. The van der Waals surface area contributed by atoms with Crippen molar-refractivity contribution in [1.29, 1.82) is 0 Å². The smallest absolute Gasteiger partial charge is 0.277 e.